The fraction of sp³-hybridized carbons (Fsp3) is 0.667. The summed E-state index contributed by atoms with van der Waals surface area (Å²) in [6, 6.07) is 0. The van der Waals surface area contributed by atoms with Crippen LogP contribution >= 0.6 is 0 Å². The van der Waals surface area contributed by atoms with E-state index in [9.17, 15) is 9.59 Å². The molecule has 0 heterocycles. The number of hydrogen-bond donors (Lipinski definition) is 1. The average Bonchev–Trinajstić information content (AvgIpc) is 2.31. The van der Waals surface area contributed by atoms with Gasteiger partial charge in [-0.3, -0.25) is 9.59 Å². The van der Waals surface area contributed by atoms with Crippen LogP contribution in [0.3, 0.4) is 0 Å². The van der Waals surface area contributed by atoms with Crippen LogP contribution in [0.15, 0.2) is 12.7 Å². The van der Waals surface area contributed by atoms with Gasteiger partial charge >= 0.3 is 5.97 Å². The first-order chi connectivity index (χ1) is 8.20. The van der Waals surface area contributed by atoms with Gasteiger partial charge in [0.25, 0.3) is 0 Å². The van der Waals surface area contributed by atoms with Crippen LogP contribution in [-0.2, 0) is 19.1 Å². The topological polar surface area (TPSA) is 64.6 Å². The lowest BCUT2D eigenvalue weighted by Crippen LogP contribution is -2.27. The molecular formula is C12H21NO4. The Labute approximate surface area is 102 Å². The van der Waals surface area contributed by atoms with Crippen molar-refractivity contribution in [3.63, 3.8) is 0 Å². The Balaban J connectivity index is 3.34. The molecule has 1 amide bonds. The first-order valence-electron chi connectivity index (χ1n) is 5.81. The van der Waals surface area contributed by atoms with E-state index in [1.807, 2.05) is 0 Å². The fourth-order valence-electron chi connectivity index (χ4n) is 1.07. The summed E-state index contributed by atoms with van der Waals surface area (Å²) < 4.78 is 9.92. The van der Waals surface area contributed by atoms with Crippen molar-refractivity contribution in [3.8, 4) is 0 Å². The number of amides is 1. The Morgan fingerprint density at radius 3 is 2.71 bits per heavy atom. The molecule has 0 rings (SSSR count). The molecule has 0 atom stereocenters. The number of rotatable bonds is 10. The monoisotopic (exact) mass is 243 g/mol. The quantitative estimate of drug-likeness (QED) is 0.354. The van der Waals surface area contributed by atoms with Crippen molar-refractivity contribution in [1.29, 1.82) is 0 Å². The van der Waals surface area contributed by atoms with Crippen LogP contribution < -0.4 is 5.32 Å². The first-order valence-corrected chi connectivity index (χ1v) is 5.81. The molecule has 0 saturated carbocycles. The number of nitrogens with one attached hydrogen (secondary N) is 1. The molecule has 0 fully saturated rings. The Hall–Kier alpha value is -1.36. The van der Waals surface area contributed by atoms with Crippen LogP contribution in [-0.4, -0.2) is 38.2 Å². The van der Waals surface area contributed by atoms with Crippen molar-refractivity contribution >= 4 is 11.9 Å². The second-order valence-electron chi connectivity index (χ2n) is 3.34. The zero-order chi connectivity index (χ0) is 12.9. The Bertz CT molecular complexity index is 241. The maximum absolute atomic E-state index is 11.3. The van der Waals surface area contributed by atoms with Crippen molar-refractivity contribution in [2.24, 2.45) is 0 Å². The van der Waals surface area contributed by atoms with Gasteiger partial charge in [0.15, 0.2) is 0 Å². The highest BCUT2D eigenvalue weighted by atomic mass is 16.5. The number of esters is 1. The third-order valence-corrected chi connectivity index (χ3v) is 1.90. The Kier molecular flexibility index (Phi) is 10.2. The van der Waals surface area contributed by atoms with Crippen LogP contribution in [0, 0.1) is 0 Å². The summed E-state index contributed by atoms with van der Waals surface area (Å²) in [5, 5.41) is 2.66. The SMILES string of the molecule is C=CCCOCCNC(=O)CCC(=O)OCC. The predicted molar refractivity (Wildman–Crippen MR) is 64.5 cm³/mol. The molecule has 17 heavy (non-hydrogen) atoms. The predicted octanol–water partition coefficient (Wildman–Crippen LogP) is 1.04. The zero-order valence-electron chi connectivity index (χ0n) is 10.4. The molecule has 0 aliphatic heterocycles. The van der Waals surface area contributed by atoms with Crippen molar-refractivity contribution in [2.75, 3.05) is 26.4 Å². The molecule has 0 aromatic heterocycles. The third kappa shape index (κ3) is 10.9. The van der Waals surface area contributed by atoms with E-state index < -0.39 is 0 Å². The zero-order valence-corrected chi connectivity index (χ0v) is 10.4. The smallest absolute Gasteiger partial charge is 0.306 e. The molecule has 5 heteroatoms. The van der Waals surface area contributed by atoms with Gasteiger partial charge in [-0.1, -0.05) is 6.08 Å². The Morgan fingerprint density at radius 1 is 1.29 bits per heavy atom. The van der Waals surface area contributed by atoms with Crippen LogP contribution in [0.4, 0.5) is 0 Å². The molecule has 0 radical (unpaired) electrons. The summed E-state index contributed by atoms with van der Waals surface area (Å²) in [6.45, 7) is 7.19. The summed E-state index contributed by atoms with van der Waals surface area (Å²) in [6.07, 6.45) is 2.86. The van der Waals surface area contributed by atoms with E-state index in [0.29, 0.717) is 26.4 Å². The molecule has 0 aromatic rings. The highest BCUT2D eigenvalue weighted by Crippen LogP contribution is 1.92. The van der Waals surface area contributed by atoms with Crippen molar-refractivity contribution in [3.05, 3.63) is 12.7 Å². The maximum atomic E-state index is 11.3. The standard InChI is InChI=1S/C12H21NO4/c1-3-5-9-16-10-8-13-11(14)6-7-12(15)17-4-2/h3H,1,4-10H2,2H3,(H,13,14). The fourth-order valence-corrected chi connectivity index (χ4v) is 1.07. The van der Waals surface area contributed by atoms with E-state index in [1.165, 1.54) is 0 Å². The van der Waals surface area contributed by atoms with Gasteiger partial charge in [-0.05, 0) is 13.3 Å². The lowest BCUT2D eigenvalue weighted by atomic mass is 10.3. The normalized spacial score (nSPS) is 9.71. The second kappa shape index (κ2) is 11.1. The number of hydrogen-bond acceptors (Lipinski definition) is 4. The summed E-state index contributed by atoms with van der Waals surface area (Å²) in [5.41, 5.74) is 0. The number of ether oxygens (including phenoxy) is 2. The lowest BCUT2D eigenvalue weighted by molar-refractivity contribution is -0.144. The molecule has 0 saturated heterocycles. The molecule has 0 aliphatic rings. The summed E-state index contributed by atoms with van der Waals surface area (Å²) >= 11 is 0. The lowest BCUT2D eigenvalue weighted by Gasteiger charge is -2.05. The van der Waals surface area contributed by atoms with Gasteiger partial charge in [0, 0.05) is 13.0 Å². The van der Waals surface area contributed by atoms with E-state index in [1.54, 1.807) is 13.0 Å². The van der Waals surface area contributed by atoms with Gasteiger partial charge in [0.2, 0.25) is 5.91 Å². The van der Waals surface area contributed by atoms with Crippen molar-refractivity contribution in [2.45, 2.75) is 26.2 Å². The summed E-state index contributed by atoms with van der Waals surface area (Å²) in [7, 11) is 0. The largest absolute Gasteiger partial charge is 0.466 e. The van der Waals surface area contributed by atoms with Crippen molar-refractivity contribution in [1.82, 2.24) is 5.32 Å². The minimum Gasteiger partial charge on any atom is -0.466 e. The molecular weight excluding hydrogens is 222 g/mol. The van der Waals surface area contributed by atoms with E-state index >= 15 is 0 Å². The van der Waals surface area contributed by atoms with Crippen molar-refractivity contribution < 1.29 is 19.1 Å². The van der Waals surface area contributed by atoms with Crippen LogP contribution in [0.5, 0.6) is 0 Å². The van der Waals surface area contributed by atoms with Gasteiger partial charge < -0.3 is 14.8 Å². The van der Waals surface area contributed by atoms with Crippen LogP contribution in [0.25, 0.3) is 0 Å². The molecule has 0 aliphatic carbocycles. The molecule has 0 unspecified atom stereocenters. The van der Waals surface area contributed by atoms with E-state index in [4.69, 9.17) is 9.47 Å². The molecule has 5 nitrogen and oxygen atoms in total. The van der Waals surface area contributed by atoms with Gasteiger partial charge in [-0.15, -0.1) is 6.58 Å². The highest BCUT2D eigenvalue weighted by molar-refractivity contribution is 5.81. The number of carbonyl (C=O) groups excluding carboxylic acids is 2. The molecule has 0 aromatic carbocycles. The second-order valence-corrected chi connectivity index (χ2v) is 3.34. The third-order valence-electron chi connectivity index (χ3n) is 1.90. The minimum absolute atomic E-state index is 0.122. The Morgan fingerprint density at radius 2 is 2.06 bits per heavy atom. The van der Waals surface area contributed by atoms with E-state index in [-0.39, 0.29) is 24.7 Å². The molecule has 0 spiro atoms. The average molecular weight is 243 g/mol. The molecule has 98 valence electrons. The highest BCUT2D eigenvalue weighted by Gasteiger charge is 2.06. The number of carbonyl (C=O) groups is 2. The summed E-state index contributed by atoms with van der Waals surface area (Å²) in [5.74, 6) is -0.504. The van der Waals surface area contributed by atoms with Gasteiger partial charge in [0.1, 0.15) is 0 Å². The first kappa shape index (κ1) is 15.6. The molecule has 1 N–H and O–H groups in total. The van der Waals surface area contributed by atoms with E-state index in [0.717, 1.165) is 6.42 Å². The molecule has 0 bridgehead atoms. The van der Waals surface area contributed by atoms with E-state index in [2.05, 4.69) is 11.9 Å². The van der Waals surface area contributed by atoms with Gasteiger partial charge in [-0.25, -0.2) is 0 Å². The van der Waals surface area contributed by atoms with Gasteiger partial charge in [-0.2, -0.15) is 0 Å². The van der Waals surface area contributed by atoms with Crippen LogP contribution in [0.2, 0.25) is 0 Å². The summed E-state index contributed by atoms with van der Waals surface area (Å²) in [4.78, 5) is 22.2. The maximum Gasteiger partial charge on any atom is 0.306 e. The van der Waals surface area contributed by atoms with Crippen LogP contribution in [0.1, 0.15) is 26.2 Å². The minimum atomic E-state index is -0.343. The van der Waals surface area contributed by atoms with Gasteiger partial charge in [0.05, 0.1) is 26.2 Å².